The first-order valence-electron chi connectivity index (χ1n) is 7.44. The summed E-state index contributed by atoms with van der Waals surface area (Å²) < 4.78 is 27.9. The van der Waals surface area contributed by atoms with Crippen molar-refractivity contribution >= 4 is 38.6 Å². The van der Waals surface area contributed by atoms with Crippen molar-refractivity contribution in [3.63, 3.8) is 0 Å². The molecule has 25 heavy (non-hydrogen) atoms. The van der Waals surface area contributed by atoms with Gasteiger partial charge in [-0.3, -0.25) is 4.31 Å². The zero-order valence-electron chi connectivity index (χ0n) is 13.0. The Kier molecular flexibility index (Phi) is 5.39. The Morgan fingerprint density at radius 3 is 2.24 bits per heavy atom. The third kappa shape index (κ3) is 3.69. The van der Waals surface area contributed by atoms with E-state index in [1.807, 2.05) is 18.2 Å². The maximum atomic E-state index is 13.3. The number of aliphatic hydroxyl groups excluding tert-OH is 1. The SMILES string of the molecule is O=S(=O)(c1sc(Cl)nc1-c1ccccc1)N(CCO)c1ccccc1. The molecular weight excluding hydrogens is 380 g/mol. The lowest BCUT2D eigenvalue weighted by Gasteiger charge is -2.23. The summed E-state index contributed by atoms with van der Waals surface area (Å²) in [6.07, 6.45) is 0. The van der Waals surface area contributed by atoms with Crippen LogP contribution in [0.5, 0.6) is 0 Å². The minimum atomic E-state index is -3.93. The highest BCUT2D eigenvalue weighted by molar-refractivity contribution is 7.95. The molecule has 0 aliphatic heterocycles. The molecule has 0 unspecified atom stereocenters. The first-order chi connectivity index (χ1) is 12.0. The standard InChI is InChI=1S/C17H15ClN2O3S2/c18-17-19-15(13-7-3-1-4-8-13)16(24-17)25(22,23)20(11-12-21)14-9-5-2-6-10-14/h1-10,21H,11-12H2. The molecule has 0 saturated heterocycles. The summed E-state index contributed by atoms with van der Waals surface area (Å²) in [5, 5.41) is 9.36. The predicted molar refractivity (Wildman–Crippen MR) is 101 cm³/mol. The van der Waals surface area contributed by atoms with Gasteiger partial charge in [-0.1, -0.05) is 71.5 Å². The number of halogens is 1. The van der Waals surface area contributed by atoms with E-state index in [9.17, 15) is 13.5 Å². The van der Waals surface area contributed by atoms with E-state index >= 15 is 0 Å². The average molecular weight is 395 g/mol. The van der Waals surface area contributed by atoms with E-state index in [1.54, 1.807) is 42.5 Å². The van der Waals surface area contributed by atoms with Crippen LogP contribution < -0.4 is 4.31 Å². The number of rotatable bonds is 6. The molecule has 0 aliphatic rings. The number of benzene rings is 2. The van der Waals surface area contributed by atoms with Crippen LogP contribution in [0.2, 0.25) is 4.47 Å². The zero-order chi connectivity index (χ0) is 17.9. The van der Waals surface area contributed by atoms with Crippen molar-refractivity contribution in [3.8, 4) is 11.3 Å². The van der Waals surface area contributed by atoms with Gasteiger partial charge in [0.05, 0.1) is 18.8 Å². The van der Waals surface area contributed by atoms with Gasteiger partial charge in [-0.25, -0.2) is 13.4 Å². The van der Waals surface area contributed by atoms with Gasteiger partial charge in [-0.2, -0.15) is 0 Å². The Labute approximate surface area is 155 Å². The van der Waals surface area contributed by atoms with Gasteiger partial charge in [0.15, 0.2) is 8.68 Å². The monoisotopic (exact) mass is 394 g/mol. The van der Waals surface area contributed by atoms with Gasteiger partial charge in [-0.15, -0.1) is 0 Å². The molecule has 8 heteroatoms. The molecule has 0 spiro atoms. The van der Waals surface area contributed by atoms with Gasteiger partial charge in [0, 0.05) is 5.56 Å². The van der Waals surface area contributed by atoms with E-state index in [-0.39, 0.29) is 21.8 Å². The molecule has 0 amide bonds. The lowest BCUT2D eigenvalue weighted by atomic mass is 10.2. The van der Waals surface area contributed by atoms with Crippen LogP contribution in [-0.4, -0.2) is 31.7 Å². The van der Waals surface area contributed by atoms with Crippen molar-refractivity contribution in [2.45, 2.75) is 4.21 Å². The van der Waals surface area contributed by atoms with Crippen molar-refractivity contribution in [2.24, 2.45) is 0 Å². The van der Waals surface area contributed by atoms with E-state index in [0.717, 1.165) is 11.3 Å². The maximum absolute atomic E-state index is 13.3. The molecule has 0 bridgehead atoms. The van der Waals surface area contributed by atoms with Gasteiger partial charge >= 0.3 is 0 Å². The second-order valence-electron chi connectivity index (χ2n) is 5.11. The summed E-state index contributed by atoms with van der Waals surface area (Å²) in [7, 11) is -3.93. The molecule has 5 nitrogen and oxygen atoms in total. The van der Waals surface area contributed by atoms with Gasteiger partial charge in [0.2, 0.25) is 0 Å². The summed E-state index contributed by atoms with van der Waals surface area (Å²) in [5.41, 5.74) is 1.45. The van der Waals surface area contributed by atoms with E-state index in [1.165, 1.54) is 4.31 Å². The highest BCUT2D eigenvalue weighted by Crippen LogP contribution is 2.37. The first-order valence-corrected chi connectivity index (χ1v) is 10.1. The number of thiazole rings is 1. The van der Waals surface area contributed by atoms with Crippen LogP contribution in [0, 0.1) is 0 Å². The van der Waals surface area contributed by atoms with Gasteiger partial charge in [0.25, 0.3) is 10.0 Å². The summed E-state index contributed by atoms with van der Waals surface area (Å²) in [6, 6.07) is 17.7. The van der Waals surface area contributed by atoms with E-state index < -0.39 is 10.0 Å². The topological polar surface area (TPSA) is 70.5 Å². The second-order valence-corrected chi connectivity index (χ2v) is 8.74. The number of hydrogen-bond acceptors (Lipinski definition) is 5. The lowest BCUT2D eigenvalue weighted by Crippen LogP contribution is -2.33. The Morgan fingerprint density at radius 1 is 1.04 bits per heavy atom. The number of aliphatic hydroxyl groups is 1. The Bertz CT molecular complexity index is 945. The molecule has 0 atom stereocenters. The average Bonchev–Trinajstić information content (AvgIpc) is 3.04. The fourth-order valence-corrected chi connectivity index (χ4v) is 5.67. The molecule has 1 N–H and O–H groups in total. The highest BCUT2D eigenvalue weighted by Gasteiger charge is 2.31. The molecule has 0 aliphatic carbocycles. The third-order valence-corrected chi connectivity index (χ3v) is 6.96. The fraction of sp³-hybridized carbons (Fsp3) is 0.118. The summed E-state index contributed by atoms with van der Waals surface area (Å²) in [4.78, 5) is 4.20. The molecule has 3 rings (SSSR count). The third-order valence-electron chi connectivity index (χ3n) is 3.49. The number of sulfonamides is 1. The highest BCUT2D eigenvalue weighted by atomic mass is 35.5. The van der Waals surface area contributed by atoms with E-state index in [0.29, 0.717) is 16.9 Å². The van der Waals surface area contributed by atoms with Crippen LogP contribution in [0.1, 0.15) is 0 Å². The van der Waals surface area contributed by atoms with Gasteiger partial charge < -0.3 is 5.11 Å². The van der Waals surface area contributed by atoms with Crippen molar-refractivity contribution in [1.29, 1.82) is 0 Å². The Balaban J connectivity index is 2.14. The van der Waals surface area contributed by atoms with E-state index in [4.69, 9.17) is 11.6 Å². The zero-order valence-corrected chi connectivity index (χ0v) is 15.4. The second kappa shape index (κ2) is 7.53. The first kappa shape index (κ1) is 17.9. The smallest absolute Gasteiger partial charge is 0.276 e. The van der Waals surface area contributed by atoms with Crippen molar-refractivity contribution in [2.75, 3.05) is 17.5 Å². The van der Waals surface area contributed by atoms with Crippen LogP contribution in [0.25, 0.3) is 11.3 Å². The molecule has 130 valence electrons. The summed E-state index contributed by atoms with van der Waals surface area (Å²) in [5.74, 6) is 0. The normalized spacial score (nSPS) is 11.4. The molecule has 0 fully saturated rings. The Morgan fingerprint density at radius 2 is 1.64 bits per heavy atom. The minimum Gasteiger partial charge on any atom is -0.394 e. The molecular formula is C17H15ClN2O3S2. The maximum Gasteiger partial charge on any atom is 0.276 e. The van der Waals surface area contributed by atoms with Crippen LogP contribution >= 0.6 is 22.9 Å². The number of nitrogens with zero attached hydrogens (tertiary/aromatic N) is 2. The van der Waals surface area contributed by atoms with Gasteiger partial charge in [-0.05, 0) is 12.1 Å². The summed E-state index contributed by atoms with van der Waals surface area (Å²) in [6.45, 7) is -0.364. The van der Waals surface area contributed by atoms with Crippen LogP contribution in [0.3, 0.4) is 0 Å². The molecule has 1 heterocycles. The lowest BCUT2D eigenvalue weighted by molar-refractivity contribution is 0.306. The van der Waals surface area contributed by atoms with Crippen LogP contribution in [0.4, 0.5) is 5.69 Å². The fourth-order valence-electron chi connectivity index (χ4n) is 2.41. The Hall–Kier alpha value is -1.93. The molecule has 2 aromatic carbocycles. The largest absolute Gasteiger partial charge is 0.394 e. The van der Waals surface area contributed by atoms with Crippen molar-refractivity contribution < 1.29 is 13.5 Å². The van der Waals surface area contributed by atoms with Crippen LogP contribution in [-0.2, 0) is 10.0 Å². The van der Waals surface area contributed by atoms with Crippen molar-refractivity contribution in [1.82, 2.24) is 4.98 Å². The van der Waals surface area contributed by atoms with Crippen molar-refractivity contribution in [3.05, 3.63) is 65.1 Å². The van der Waals surface area contributed by atoms with Crippen LogP contribution in [0.15, 0.2) is 64.9 Å². The number of aromatic nitrogens is 1. The predicted octanol–water partition coefficient (Wildman–Crippen LogP) is 3.65. The summed E-state index contributed by atoms with van der Waals surface area (Å²) >= 11 is 6.93. The number of para-hydroxylation sites is 1. The number of hydrogen-bond donors (Lipinski definition) is 1. The van der Waals surface area contributed by atoms with Gasteiger partial charge in [0.1, 0.15) is 5.69 Å². The molecule has 0 saturated carbocycles. The number of anilines is 1. The van der Waals surface area contributed by atoms with E-state index in [2.05, 4.69) is 4.98 Å². The quantitative estimate of drug-likeness (QED) is 0.692. The molecule has 0 radical (unpaired) electrons. The molecule has 1 aromatic heterocycles. The minimum absolute atomic E-state index is 0.0565. The molecule has 3 aromatic rings.